The summed E-state index contributed by atoms with van der Waals surface area (Å²) in [6.45, 7) is 6.04. The molecule has 226 valence electrons. The lowest BCUT2D eigenvalue weighted by Gasteiger charge is -2.18. The molecule has 1 atom stereocenters. The molecule has 4 aromatic carbocycles. The van der Waals surface area contributed by atoms with E-state index in [1.54, 1.807) is 67.8 Å². The van der Waals surface area contributed by atoms with Crippen LogP contribution in [0.2, 0.25) is 0 Å². The van der Waals surface area contributed by atoms with E-state index >= 15 is 0 Å². The second-order valence-corrected chi connectivity index (χ2v) is 11.4. The Hall–Kier alpha value is -4.82. The highest BCUT2D eigenvalue weighted by Gasteiger charge is 2.21. The molecule has 0 heterocycles. The summed E-state index contributed by atoms with van der Waals surface area (Å²) in [6.07, 6.45) is 3.06. The van der Waals surface area contributed by atoms with E-state index < -0.39 is 11.8 Å². The molecular formula is C36H37N3O4S. The van der Waals surface area contributed by atoms with Gasteiger partial charge in [0.25, 0.3) is 11.8 Å². The Labute approximate surface area is 263 Å². The fourth-order valence-corrected chi connectivity index (χ4v) is 5.56. The van der Waals surface area contributed by atoms with Crippen molar-refractivity contribution in [2.45, 2.75) is 43.8 Å². The number of aryl methyl sites for hydroxylation is 2. The van der Waals surface area contributed by atoms with E-state index in [-0.39, 0.29) is 16.9 Å². The van der Waals surface area contributed by atoms with E-state index in [2.05, 4.69) is 22.9 Å². The molecule has 4 aromatic rings. The molecule has 0 fully saturated rings. The maximum atomic E-state index is 13.5. The molecule has 0 radical (unpaired) electrons. The van der Waals surface area contributed by atoms with E-state index in [0.717, 1.165) is 28.1 Å². The van der Waals surface area contributed by atoms with Crippen molar-refractivity contribution in [1.29, 1.82) is 0 Å². The maximum absolute atomic E-state index is 13.5. The first-order valence-corrected chi connectivity index (χ1v) is 15.4. The number of para-hydroxylation sites is 1. The van der Waals surface area contributed by atoms with E-state index in [9.17, 15) is 14.4 Å². The minimum atomic E-state index is -0.483. The fourth-order valence-electron chi connectivity index (χ4n) is 4.55. The number of thioether (sulfide) groups is 1. The molecule has 0 spiro atoms. The predicted molar refractivity (Wildman–Crippen MR) is 179 cm³/mol. The molecule has 8 heteroatoms. The van der Waals surface area contributed by atoms with Gasteiger partial charge < -0.3 is 20.7 Å². The Morgan fingerprint density at radius 2 is 1.59 bits per heavy atom. The Bertz CT molecular complexity index is 1640. The average Bonchev–Trinajstić information content (AvgIpc) is 3.05. The van der Waals surface area contributed by atoms with Crippen molar-refractivity contribution in [2.24, 2.45) is 0 Å². The summed E-state index contributed by atoms with van der Waals surface area (Å²) in [4.78, 5) is 40.6. The van der Waals surface area contributed by atoms with Crippen LogP contribution in [-0.2, 0) is 16.0 Å². The van der Waals surface area contributed by atoms with Crippen LogP contribution in [0.1, 0.15) is 47.3 Å². The van der Waals surface area contributed by atoms with Crippen molar-refractivity contribution in [1.82, 2.24) is 5.32 Å². The van der Waals surface area contributed by atoms with Crippen LogP contribution in [0.4, 0.5) is 11.4 Å². The molecular weight excluding hydrogens is 570 g/mol. The van der Waals surface area contributed by atoms with Gasteiger partial charge in [-0.3, -0.25) is 14.4 Å². The third-order valence-corrected chi connectivity index (χ3v) is 8.34. The summed E-state index contributed by atoms with van der Waals surface area (Å²) in [7, 11) is 1.58. The zero-order valence-corrected chi connectivity index (χ0v) is 26.2. The average molecular weight is 608 g/mol. The highest BCUT2D eigenvalue weighted by Crippen LogP contribution is 2.30. The van der Waals surface area contributed by atoms with Gasteiger partial charge in [-0.1, -0.05) is 68.4 Å². The molecule has 0 aliphatic heterocycles. The number of rotatable bonds is 12. The fraction of sp³-hybridized carbons (Fsp3) is 0.194. The zero-order valence-electron chi connectivity index (χ0n) is 25.3. The van der Waals surface area contributed by atoms with Crippen LogP contribution in [0.15, 0.2) is 108 Å². The molecule has 3 N–H and O–H groups in total. The molecule has 44 heavy (non-hydrogen) atoms. The van der Waals surface area contributed by atoms with Crippen molar-refractivity contribution in [3.8, 4) is 5.75 Å². The lowest BCUT2D eigenvalue weighted by Crippen LogP contribution is -2.30. The first kappa shape index (κ1) is 32.1. The minimum absolute atomic E-state index is 0.0655. The first-order chi connectivity index (χ1) is 21.3. The van der Waals surface area contributed by atoms with Crippen LogP contribution >= 0.6 is 11.8 Å². The van der Waals surface area contributed by atoms with Gasteiger partial charge in [-0.15, -0.1) is 11.8 Å². The standard InChI is InChI=1S/C36H37N3O4S/c1-5-26-15-10-12-24(3)33(26)39-36(42)32(6-2)44-30-17-11-16-28(23-30)37-35(41)31(22-25-18-20-29(43-4)21-19-25)38-34(40)27-13-8-7-9-14-27/h7-23,32H,5-6H2,1-4H3,(H,37,41)(H,38,40)(H,39,42)/b31-22+. The van der Waals surface area contributed by atoms with Crippen LogP contribution in [0.3, 0.4) is 0 Å². The Morgan fingerprint density at radius 3 is 2.27 bits per heavy atom. The van der Waals surface area contributed by atoms with E-state index in [1.165, 1.54) is 11.8 Å². The first-order valence-electron chi connectivity index (χ1n) is 14.5. The molecule has 0 aliphatic rings. The van der Waals surface area contributed by atoms with Crippen molar-refractivity contribution in [3.63, 3.8) is 0 Å². The van der Waals surface area contributed by atoms with Gasteiger partial charge in [0, 0.05) is 21.8 Å². The van der Waals surface area contributed by atoms with Crippen molar-refractivity contribution in [3.05, 3.63) is 125 Å². The van der Waals surface area contributed by atoms with Gasteiger partial charge >= 0.3 is 0 Å². The largest absolute Gasteiger partial charge is 0.497 e. The molecule has 3 amide bonds. The number of methoxy groups -OCH3 is 1. The highest BCUT2D eigenvalue weighted by molar-refractivity contribution is 8.00. The quantitative estimate of drug-likeness (QED) is 0.115. The van der Waals surface area contributed by atoms with Crippen molar-refractivity contribution >= 4 is 46.9 Å². The van der Waals surface area contributed by atoms with Gasteiger partial charge in [0.15, 0.2) is 0 Å². The summed E-state index contributed by atoms with van der Waals surface area (Å²) in [6, 6.07) is 29.2. The van der Waals surface area contributed by atoms with Gasteiger partial charge in [-0.2, -0.15) is 0 Å². The normalized spacial score (nSPS) is 11.8. The molecule has 0 bridgehead atoms. The second kappa shape index (κ2) is 15.6. The van der Waals surface area contributed by atoms with E-state index in [4.69, 9.17) is 4.74 Å². The van der Waals surface area contributed by atoms with E-state index in [0.29, 0.717) is 29.0 Å². The third-order valence-electron chi connectivity index (χ3n) is 6.98. The number of hydrogen-bond acceptors (Lipinski definition) is 5. The number of anilines is 2. The molecule has 4 rings (SSSR count). The number of amides is 3. The summed E-state index contributed by atoms with van der Waals surface area (Å²) in [5, 5.41) is 8.47. The molecule has 0 saturated carbocycles. The Kier molecular flexibility index (Phi) is 11.4. The van der Waals surface area contributed by atoms with Crippen LogP contribution in [-0.4, -0.2) is 30.1 Å². The predicted octanol–water partition coefficient (Wildman–Crippen LogP) is 7.49. The lowest BCUT2D eigenvalue weighted by molar-refractivity contribution is -0.116. The summed E-state index contributed by atoms with van der Waals surface area (Å²) in [5.74, 6) is -0.269. The summed E-state index contributed by atoms with van der Waals surface area (Å²) < 4.78 is 5.23. The zero-order chi connectivity index (χ0) is 31.5. The number of benzene rings is 4. The highest BCUT2D eigenvalue weighted by atomic mass is 32.2. The van der Waals surface area contributed by atoms with Crippen LogP contribution in [0, 0.1) is 6.92 Å². The topological polar surface area (TPSA) is 96.5 Å². The lowest BCUT2D eigenvalue weighted by atomic mass is 10.1. The van der Waals surface area contributed by atoms with Crippen LogP contribution < -0.4 is 20.7 Å². The van der Waals surface area contributed by atoms with Crippen LogP contribution in [0.5, 0.6) is 5.75 Å². The number of nitrogens with one attached hydrogen (secondary N) is 3. The minimum Gasteiger partial charge on any atom is -0.497 e. The molecule has 7 nitrogen and oxygen atoms in total. The van der Waals surface area contributed by atoms with E-state index in [1.807, 2.05) is 56.3 Å². The molecule has 0 saturated heterocycles. The Balaban J connectivity index is 1.51. The van der Waals surface area contributed by atoms with Gasteiger partial charge in [-0.25, -0.2) is 0 Å². The van der Waals surface area contributed by atoms with Crippen molar-refractivity contribution in [2.75, 3.05) is 17.7 Å². The number of carbonyl (C=O) groups excluding carboxylic acids is 3. The van der Waals surface area contributed by atoms with Crippen molar-refractivity contribution < 1.29 is 19.1 Å². The molecule has 1 unspecified atom stereocenters. The molecule has 0 aromatic heterocycles. The number of hydrogen-bond donors (Lipinski definition) is 3. The van der Waals surface area contributed by atoms with Gasteiger partial charge in [0.2, 0.25) is 5.91 Å². The molecule has 0 aliphatic carbocycles. The summed E-state index contributed by atoms with van der Waals surface area (Å²) in [5.41, 5.74) is 4.76. The van der Waals surface area contributed by atoms with Gasteiger partial charge in [-0.05, 0) is 85.0 Å². The maximum Gasteiger partial charge on any atom is 0.272 e. The van der Waals surface area contributed by atoms with Crippen LogP contribution in [0.25, 0.3) is 6.08 Å². The number of ether oxygens (including phenoxy) is 1. The second-order valence-electron chi connectivity index (χ2n) is 10.1. The Morgan fingerprint density at radius 1 is 0.864 bits per heavy atom. The van der Waals surface area contributed by atoms with Gasteiger partial charge in [0.1, 0.15) is 11.4 Å². The monoisotopic (exact) mass is 607 g/mol. The third kappa shape index (κ3) is 8.61. The SMILES string of the molecule is CCc1cccc(C)c1NC(=O)C(CC)Sc1cccc(NC(=O)/C(=C\c2ccc(OC)cc2)NC(=O)c2ccccc2)c1. The number of carbonyl (C=O) groups is 3. The summed E-state index contributed by atoms with van der Waals surface area (Å²) >= 11 is 1.44. The van der Waals surface area contributed by atoms with Gasteiger partial charge in [0.05, 0.1) is 12.4 Å². The smallest absolute Gasteiger partial charge is 0.272 e.